The minimum atomic E-state index is 0.0955. The standard InChI is InChI=1S/C25H30N4O/c26-13-18-9-11-19(12-10-18)14-27-17-28-16-24(22-7-3-4-8-23(22)28)29-15-20-5-1-2-6-21(20)25(29)30/h1-8,16,18-19,27H,9-15,17,26H2. The molecule has 5 nitrogen and oxygen atoms in total. The number of hydrogen-bond acceptors (Lipinski definition) is 3. The van der Waals surface area contributed by atoms with Crippen molar-refractivity contribution in [2.45, 2.75) is 38.9 Å². The van der Waals surface area contributed by atoms with Crippen LogP contribution in [-0.2, 0) is 13.2 Å². The maximum absolute atomic E-state index is 13.0. The lowest BCUT2D eigenvalue weighted by molar-refractivity contribution is 0.0997. The van der Waals surface area contributed by atoms with Gasteiger partial charge in [0.15, 0.2) is 0 Å². The van der Waals surface area contributed by atoms with Gasteiger partial charge in [0.1, 0.15) is 0 Å². The number of rotatable bonds is 6. The zero-order valence-corrected chi connectivity index (χ0v) is 17.4. The number of anilines is 1. The molecule has 1 aliphatic carbocycles. The van der Waals surface area contributed by atoms with E-state index in [1.807, 2.05) is 35.2 Å². The van der Waals surface area contributed by atoms with Crippen molar-refractivity contribution in [3.05, 3.63) is 65.9 Å². The molecule has 1 aliphatic heterocycles. The molecule has 156 valence electrons. The summed E-state index contributed by atoms with van der Waals surface area (Å²) in [6.07, 6.45) is 7.20. The minimum absolute atomic E-state index is 0.0955. The Balaban J connectivity index is 1.32. The Morgan fingerprint density at radius 3 is 2.50 bits per heavy atom. The molecule has 1 fully saturated rings. The van der Waals surface area contributed by atoms with Crippen molar-refractivity contribution in [1.29, 1.82) is 0 Å². The van der Waals surface area contributed by atoms with Gasteiger partial charge in [-0.1, -0.05) is 36.4 Å². The quantitative estimate of drug-likeness (QED) is 0.652. The van der Waals surface area contributed by atoms with E-state index < -0.39 is 0 Å². The summed E-state index contributed by atoms with van der Waals surface area (Å²) in [5, 5.41) is 4.79. The number of benzene rings is 2. The fraction of sp³-hybridized carbons (Fsp3) is 0.400. The largest absolute Gasteiger partial charge is 0.332 e. The van der Waals surface area contributed by atoms with Crippen molar-refractivity contribution in [2.24, 2.45) is 17.6 Å². The Labute approximate surface area is 177 Å². The summed E-state index contributed by atoms with van der Waals surface area (Å²) in [7, 11) is 0. The van der Waals surface area contributed by atoms with Crippen LogP contribution in [0.4, 0.5) is 5.69 Å². The van der Waals surface area contributed by atoms with E-state index in [0.717, 1.165) is 59.3 Å². The number of hydrogen-bond donors (Lipinski definition) is 2. The Hall–Kier alpha value is -2.63. The third-order valence-corrected chi connectivity index (χ3v) is 6.89. The number of fused-ring (bicyclic) bond motifs is 2. The van der Waals surface area contributed by atoms with Crippen LogP contribution in [0.1, 0.15) is 41.6 Å². The van der Waals surface area contributed by atoms with E-state index in [1.165, 1.54) is 25.7 Å². The number of carbonyl (C=O) groups excluding carboxylic acids is 1. The van der Waals surface area contributed by atoms with Crippen molar-refractivity contribution in [3.8, 4) is 0 Å². The van der Waals surface area contributed by atoms with Gasteiger partial charge in [-0.15, -0.1) is 0 Å². The van der Waals surface area contributed by atoms with Crippen LogP contribution < -0.4 is 16.0 Å². The monoisotopic (exact) mass is 402 g/mol. The maximum Gasteiger partial charge on any atom is 0.259 e. The first-order valence-corrected chi connectivity index (χ1v) is 11.1. The number of nitrogens with two attached hydrogens (primary N) is 1. The average Bonchev–Trinajstić information content (AvgIpc) is 3.32. The molecule has 2 aromatic carbocycles. The molecule has 30 heavy (non-hydrogen) atoms. The first-order valence-electron chi connectivity index (χ1n) is 11.1. The van der Waals surface area contributed by atoms with Gasteiger partial charge in [0.2, 0.25) is 0 Å². The molecule has 5 rings (SSSR count). The van der Waals surface area contributed by atoms with Crippen molar-refractivity contribution in [1.82, 2.24) is 9.88 Å². The summed E-state index contributed by atoms with van der Waals surface area (Å²) in [4.78, 5) is 14.9. The molecule has 1 saturated carbocycles. The number of nitrogens with zero attached hydrogens (tertiary/aromatic N) is 2. The zero-order chi connectivity index (χ0) is 20.5. The Bertz CT molecular complexity index is 1050. The summed E-state index contributed by atoms with van der Waals surface area (Å²) < 4.78 is 2.24. The Kier molecular flexibility index (Phi) is 5.32. The second-order valence-electron chi connectivity index (χ2n) is 8.78. The molecular weight excluding hydrogens is 372 g/mol. The lowest BCUT2D eigenvalue weighted by Gasteiger charge is -2.27. The highest BCUT2D eigenvalue weighted by Crippen LogP contribution is 2.35. The minimum Gasteiger partial charge on any atom is -0.332 e. The van der Waals surface area contributed by atoms with Gasteiger partial charge >= 0.3 is 0 Å². The Morgan fingerprint density at radius 1 is 0.967 bits per heavy atom. The van der Waals surface area contributed by atoms with Gasteiger partial charge in [-0.05, 0) is 68.3 Å². The average molecular weight is 403 g/mol. The molecule has 1 amide bonds. The van der Waals surface area contributed by atoms with Gasteiger partial charge in [0.05, 0.1) is 24.4 Å². The normalized spacial score (nSPS) is 21.4. The van der Waals surface area contributed by atoms with Crippen molar-refractivity contribution in [3.63, 3.8) is 0 Å². The smallest absolute Gasteiger partial charge is 0.259 e. The molecule has 0 radical (unpaired) electrons. The van der Waals surface area contributed by atoms with Crippen molar-refractivity contribution >= 4 is 22.5 Å². The Morgan fingerprint density at radius 2 is 1.70 bits per heavy atom. The summed E-state index contributed by atoms with van der Waals surface area (Å²) >= 11 is 0. The lowest BCUT2D eigenvalue weighted by atomic mass is 9.82. The predicted octanol–water partition coefficient (Wildman–Crippen LogP) is 4.11. The molecule has 0 atom stereocenters. The fourth-order valence-corrected chi connectivity index (χ4v) is 5.08. The number of nitrogens with one attached hydrogen (secondary N) is 1. The molecule has 0 bridgehead atoms. The van der Waals surface area contributed by atoms with Gasteiger partial charge < -0.3 is 15.2 Å². The summed E-state index contributed by atoms with van der Waals surface area (Å²) in [6, 6.07) is 16.3. The van der Waals surface area contributed by atoms with Crippen LogP contribution >= 0.6 is 0 Å². The van der Waals surface area contributed by atoms with Crippen molar-refractivity contribution < 1.29 is 4.79 Å². The van der Waals surface area contributed by atoms with Crippen LogP contribution in [-0.4, -0.2) is 23.6 Å². The predicted molar refractivity (Wildman–Crippen MR) is 121 cm³/mol. The number of carbonyl (C=O) groups is 1. The SMILES string of the molecule is NCC1CCC(CNCn2cc(N3Cc4ccccc4C3=O)c3ccccc32)CC1. The first kappa shape index (κ1) is 19.3. The summed E-state index contributed by atoms with van der Waals surface area (Å²) in [5.41, 5.74) is 9.90. The molecule has 3 aromatic rings. The summed E-state index contributed by atoms with van der Waals surface area (Å²) in [6.45, 7) is 3.26. The van der Waals surface area contributed by atoms with Gasteiger partial charge in [-0.3, -0.25) is 10.1 Å². The third kappa shape index (κ3) is 3.53. The van der Waals surface area contributed by atoms with Crippen LogP contribution in [0, 0.1) is 11.8 Å². The van der Waals surface area contributed by atoms with Crippen LogP contribution in [0.3, 0.4) is 0 Å². The zero-order valence-electron chi connectivity index (χ0n) is 17.4. The molecule has 3 N–H and O–H groups in total. The maximum atomic E-state index is 13.0. The second-order valence-corrected chi connectivity index (χ2v) is 8.78. The van der Waals surface area contributed by atoms with Crippen LogP contribution in [0.25, 0.3) is 10.9 Å². The van der Waals surface area contributed by atoms with Gasteiger partial charge in [0.25, 0.3) is 5.91 Å². The first-order chi connectivity index (χ1) is 14.7. The van der Waals surface area contributed by atoms with E-state index in [1.54, 1.807) is 0 Å². The molecular formula is C25H30N4O. The van der Waals surface area contributed by atoms with Gasteiger partial charge in [0, 0.05) is 17.1 Å². The van der Waals surface area contributed by atoms with E-state index in [2.05, 4.69) is 34.3 Å². The molecule has 2 aliphatic rings. The molecule has 2 heterocycles. The van der Waals surface area contributed by atoms with E-state index in [0.29, 0.717) is 6.54 Å². The highest BCUT2D eigenvalue weighted by Gasteiger charge is 2.30. The van der Waals surface area contributed by atoms with E-state index in [4.69, 9.17) is 5.73 Å². The van der Waals surface area contributed by atoms with E-state index >= 15 is 0 Å². The second kappa shape index (κ2) is 8.25. The van der Waals surface area contributed by atoms with E-state index in [-0.39, 0.29) is 5.91 Å². The fourth-order valence-electron chi connectivity index (χ4n) is 5.08. The topological polar surface area (TPSA) is 63.3 Å². The van der Waals surface area contributed by atoms with Crippen LogP contribution in [0.5, 0.6) is 0 Å². The highest BCUT2D eigenvalue weighted by molar-refractivity contribution is 6.13. The van der Waals surface area contributed by atoms with Gasteiger partial charge in [-0.2, -0.15) is 0 Å². The van der Waals surface area contributed by atoms with Crippen molar-refractivity contribution in [2.75, 3.05) is 18.0 Å². The van der Waals surface area contributed by atoms with Gasteiger partial charge in [-0.25, -0.2) is 0 Å². The molecule has 0 spiro atoms. The number of para-hydroxylation sites is 1. The molecule has 0 unspecified atom stereocenters. The summed E-state index contributed by atoms with van der Waals surface area (Å²) in [5.74, 6) is 1.56. The van der Waals surface area contributed by atoms with Crippen LogP contribution in [0.2, 0.25) is 0 Å². The molecule has 0 saturated heterocycles. The number of amides is 1. The molecule has 1 aromatic heterocycles. The molecule has 5 heteroatoms. The number of aromatic nitrogens is 1. The highest BCUT2D eigenvalue weighted by atomic mass is 16.2. The van der Waals surface area contributed by atoms with Crippen LogP contribution in [0.15, 0.2) is 54.7 Å². The lowest BCUT2D eigenvalue weighted by Crippen LogP contribution is -2.29. The third-order valence-electron chi connectivity index (χ3n) is 6.89. The van der Waals surface area contributed by atoms with E-state index in [9.17, 15) is 4.79 Å².